The van der Waals surface area contributed by atoms with Gasteiger partial charge in [-0.3, -0.25) is 0 Å². The summed E-state index contributed by atoms with van der Waals surface area (Å²) in [6.07, 6.45) is 2.94. The predicted molar refractivity (Wildman–Crippen MR) is 99.9 cm³/mol. The smallest absolute Gasteiger partial charge is 0.131 e. The number of aromatic nitrogens is 2. The minimum Gasteiger partial charge on any atom is -0.395 e. The van der Waals surface area contributed by atoms with Crippen molar-refractivity contribution < 1.29 is 4.39 Å². The van der Waals surface area contributed by atoms with Gasteiger partial charge in [-0.15, -0.1) is 12.4 Å². The average Bonchev–Trinajstić information content (AvgIpc) is 2.57. The van der Waals surface area contributed by atoms with Crippen LogP contribution in [0.2, 0.25) is 0 Å². The van der Waals surface area contributed by atoms with E-state index in [0.717, 1.165) is 41.7 Å². The summed E-state index contributed by atoms with van der Waals surface area (Å²) in [5.74, 6) is 0.557. The van der Waals surface area contributed by atoms with E-state index in [4.69, 9.17) is 5.73 Å². The van der Waals surface area contributed by atoms with Crippen molar-refractivity contribution in [1.82, 2.24) is 9.97 Å². The number of fused-ring (bicyclic) bond motifs is 1. The Labute approximate surface area is 147 Å². The van der Waals surface area contributed by atoms with Crippen LogP contribution in [0.1, 0.15) is 31.3 Å². The summed E-state index contributed by atoms with van der Waals surface area (Å²) in [5, 5.41) is 1.40. The van der Waals surface area contributed by atoms with E-state index >= 15 is 0 Å². The molecule has 0 bridgehead atoms. The molecule has 0 saturated carbocycles. The van der Waals surface area contributed by atoms with Gasteiger partial charge >= 0.3 is 0 Å². The summed E-state index contributed by atoms with van der Waals surface area (Å²) in [4.78, 5) is 9.15. The minimum absolute atomic E-state index is 0. The molecule has 0 aliphatic rings. The molecule has 24 heavy (non-hydrogen) atoms. The Morgan fingerprint density at radius 2 is 1.75 bits per heavy atom. The highest BCUT2D eigenvalue weighted by atomic mass is 35.5. The molecule has 0 fully saturated rings. The Hall–Kier alpha value is -2.20. The highest BCUT2D eigenvalue weighted by molar-refractivity contribution is 5.98. The second-order valence-electron chi connectivity index (χ2n) is 5.73. The molecule has 0 unspecified atom stereocenters. The maximum absolute atomic E-state index is 14.0. The maximum Gasteiger partial charge on any atom is 0.131 e. The molecule has 0 spiro atoms. The van der Waals surface area contributed by atoms with Gasteiger partial charge in [-0.25, -0.2) is 14.4 Å². The number of anilines is 1. The third-order valence-electron chi connectivity index (χ3n) is 4.06. The Kier molecular flexibility index (Phi) is 5.73. The molecule has 5 heteroatoms. The molecule has 0 aliphatic heterocycles. The zero-order chi connectivity index (χ0) is 16.4. The van der Waals surface area contributed by atoms with Gasteiger partial charge in [0.05, 0.1) is 17.1 Å². The largest absolute Gasteiger partial charge is 0.395 e. The van der Waals surface area contributed by atoms with Crippen LogP contribution in [0.3, 0.4) is 0 Å². The molecule has 0 atom stereocenters. The van der Waals surface area contributed by atoms with Crippen molar-refractivity contribution in [2.75, 3.05) is 5.73 Å². The number of hydrogen-bond donors (Lipinski definition) is 1. The fourth-order valence-corrected chi connectivity index (χ4v) is 2.76. The lowest BCUT2D eigenvalue weighted by Crippen LogP contribution is -2.05. The Morgan fingerprint density at radius 1 is 1.04 bits per heavy atom. The number of nitrogen functional groups attached to an aromatic ring is 1. The number of halogens is 2. The summed E-state index contributed by atoms with van der Waals surface area (Å²) >= 11 is 0. The van der Waals surface area contributed by atoms with Gasteiger partial charge in [0, 0.05) is 17.4 Å². The number of rotatable bonds is 4. The normalized spacial score (nSPS) is 10.6. The van der Waals surface area contributed by atoms with Gasteiger partial charge < -0.3 is 5.73 Å². The molecule has 0 amide bonds. The van der Waals surface area contributed by atoms with Crippen LogP contribution in [0.5, 0.6) is 0 Å². The number of nitrogens with two attached hydrogens (primary N) is 1. The molecule has 1 aromatic heterocycles. The van der Waals surface area contributed by atoms with Crippen molar-refractivity contribution in [2.24, 2.45) is 0 Å². The van der Waals surface area contributed by atoms with Gasteiger partial charge in [0.15, 0.2) is 0 Å². The van der Waals surface area contributed by atoms with E-state index in [1.165, 1.54) is 6.07 Å². The first-order valence-corrected chi connectivity index (χ1v) is 7.92. The van der Waals surface area contributed by atoms with Crippen molar-refractivity contribution in [3.05, 3.63) is 53.7 Å². The Balaban J connectivity index is 0.00000208. The van der Waals surface area contributed by atoms with Crippen LogP contribution in [0.15, 0.2) is 36.4 Å². The topological polar surface area (TPSA) is 51.8 Å². The van der Waals surface area contributed by atoms with Crippen LogP contribution in [-0.2, 0) is 6.42 Å². The molecule has 126 valence electrons. The van der Waals surface area contributed by atoms with Crippen molar-refractivity contribution in [2.45, 2.75) is 33.1 Å². The fraction of sp³-hybridized carbons (Fsp3) is 0.263. The second-order valence-corrected chi connectivity index (χ2v) is 5.73. The molecule has 1 heterocycles. The van der Waals surface area contributed by atoms with Crippen LogP contribution in [0, 0.1) is 12.7 Å². The van der Waals surface area contributed by atoms with Gasteiger partial charge in [0.1, 0.15) is 11.6 Å². The average molecular weight is 346 g/mol. The first kappa shape index (κ1) is 18.1. The maximum atomic E-state index is 14.0. The number of unbranched alkanes of at least 4 members (excludes halogenated alkanes) is 1. The summed E-state index contributed by atoms with van der Waals surface area (Å²) in [6, 6.07) is 10.6. The lowest BCUT2D eigenvalue weighted by Gasteiger charge is -2.12. The second kappa shape index (κ2) is 7.58. The molecule has 0 aliphatic carbocycles. The molecule has 3 aromatic rings. The third-order valence-corrected chi connectivity index (χ3v) is 4.06. The SMILES string of the molecule is CCCCc1nc(C)c(N)c(-c2ccc(F)c3ccccc23)n1.Cl. The van der Waals surface area contributed by atoms with Crippen LogP contribution in [0.25, 0.3) is 22.0 Å². The van der Waals surface area contributed by atoms with Crippen LogP contribution in [0.4, 0.5) is 10.1 Å². The van der Waals surface area contributed by atoms with Crippen LogP contribution >= 0.6 is 12.4 Å². The summed E-state index contributed by atoms with van der Waals surface area (Å²) in [6.45, 7) is 4.03. The van der Waals surface area contributed by atoms with Crippen molar-refractivity contribution in [1.29, 1.82) is 0 Å². The summed E-state index contributed by atoms with van der Waals surface area (Å²) in [5.41, 5.74) is 9.10. The molecule has 0 saturated heterocycles. The first-order chi connectivity index (χ1) is 11.1. The van der Waals surface area contributed by atoms with E-state index in [9.17, 15) is 4.39 Å². The quantitative estimate of drug-likeness (QED) is 0.716. The lowest BCUT2D eigenvalue weighted by molar-refractivity contribution is 0.640. The molecule has 3 rings (SSSR count). The highest BCUT2D eigenvalue weighted by Gasteiger charge is 2.14. The van der Waals surface area contributed by atoms with Crippen molar-refractivity contribution in [3.8, 4) is 11.3 Å². The molecule has 2 aromatic carbocycles. The molecular formula is C19H21ClFN3. The fourth-order valence-electron chi connectivity index (χ4n) is 2.76. The summed E-state index contributed by atoms with van der Waals surface area (Å²) in [7, 11) is 0. The van der Waals surface area contributed by atoms with Gasteiger partial charge in [-0.2, -0.15) is 0 Å². The minimum atomic E-state index is -0.236. The van der Waals surface area contributed by atoms with Gasteiger partial charge in [-0.1, -0.05) is 37.6 Å². The number of aryl methyl sites for hydroxylation is 2. The van der Waals surface area contributed by atoms with Gasteiger partial charge in [-0.05, 0) is 30.9 Å². The van der Waals surface area contributed by atoms with Crippen molar-refractivity contribution >= 4 is 28.9 Å². The van der Waals surface area contributed by atoms with E-state index in [1.54, 1.807) is 12.1 Å². The molecule has 3 nitrogen and oxygen atoms in total. The first-order valence-electron chi connectivity index (χ1n) is 7.92. The molecular weight excluding hydrogens is 325 g/mol. The van der Waals surface area contributed by atoms with Crippen LogP contribution < -0.4 is 5.73 Å². The third kappa shape index (κ3) is 3.34. The van der Waals surface area contributed by atoms with E-state index in [-0.39, 0.29) is 18.2 Å². The van der Waals surface area contributed by atoms with Gasteiger partial charge in [0.2, 0.25) is 0 Å². The zero-order valence-electron chi connectivity index (χ0n) is 13.8. The Bertz CT molecular complexity index is 865. The van der Waals surface area contributed by atoms with E-state index in [0.29, 0.717) is 16.8 Å². The van der Waals surface area contributed by atoms with E-state index in [2.05, 4.69) is 16.9 Å². The number of hydrogen-bond acceptors (Lipinski definition) is 3. The van der Waals surface area contributed by atoms with Crippen LogP contribution in [-0.4, -0.2) is 9.97 Å². The Morgan fingerprint density at radius 3 is 2.46 bits per heavy atom. The van der Waals surface area contributed by atoms with E-state index < -0.39 is 0 Å². The van der Waals surface area contributed by atoms with Crippen molar-refractivity contribution in [3.63, 3.8) is 0 Å². The zero-order valence-corrected chi connectivity index (χ0v) is 14.7. The summed E-state index contributed by atoms with van der Waals surface area (Å²) < 4.78 is 14.0. The predicted octanol–water partition coefficient (Wildman–Crippen LogP) is 5.09. The monoisotopic (exact) mass is 345 g/mol. The highest BCUT2D eigenvalue weighted by Crippen LogP contribution is 2.33. The lowest BCUT2D eigenvalue weighted by atomic mass is 10.00. The van der Waals surface area contributed by atoms with E-state index in [1.807, 2.05) is 25.1 Å². The van der Waals surface area contributed by atoms with Gasteiger partial charge in [0.25, 0.3) is 0 Å². The molecule has 0 radical (unpaired) electrons. The standard InChI is InChI=1S/C19H20FN3.ClH/c1-3-4-9-17-22-12(2)18(21)19(23-17)15-10-11-16(20)14-8-6-5-7-13(14)15;/h5-8,10-11H,3-4,9,21H2,1-2H3;1H. The number of benzene rings is 2. The molecule has 2 N–H and O–H groups in total. The number of nitrogens with zero attached hydrogens (tertiary/aromatic N) is 2.